The highest BCUT2D eigenvalue weighted by Gasteiger charge is 2.13. The molecule has 9 heteroatoms. The zero-order chi connectivity index (χ0) is 21.8. The highest BCUT2D eigenvalue weighted by Crippen LogP contribution is 2.28. The van der Waals surface area contributed by atoms with Gasteiger partial charge in [-0.3, -0.25) is 9.48 Å². The Morgan fingerprint density at radius 1 is 1.16 bits per heavy atom. The Hall–Kier alpha value is -2.74. The molecule has 6 nitrogen and oxygen atoms in total. The molecule has 0 atom stereocenters. The molecule has 0 unspecified atom stereocenters. The first-order valence-electron chi connectivity index (χ1n) is 9.21. The first kappa shape index (κ1) is 21.5. The number of amides is 1. The van der Waals surface area contributed by atoms with Gasteiger partial charge >= 0.3 is 0 Å². The van der Waals surface area contributed by atoms with Crippen molar-refractivity contribution in [2.45, 2.75) is 13.2 Å². The van der Waals surface area contributed by atoms with Crippen LogP contribution in [0, 0.1) is 0 Å². The molecule has 0 aliphatic rings. The summed E-state index contributed by atoms with van der Waals surface area (Å²) in [5.41, 5.74) is 1.62. The number of carbonyl (C=O) groups is 1. The standard InChI is InChI=1S/C22H16BrCl2N3O3/c23-15-4-6-20(19(25)9-15)30-13-18-5-7-21(31-18)22(29)27-17-3-1-2-14(8-17)11-28-12-16(24)10-26-28/h1-10,12H,11,13H2,(H,27,29). The number of rotatable bonds is 7. The van der Waals surface area contributed by atoms with Gasteiger partial charge in [0.1, 0.15) is 18.1 Å². The van der Waals surface area contributed by atoms with E-state index >= 15 is 0 Å². The molecule has 0 spiro atoms. The third kappa shape index (κ3) is 5.70. The van der Waals surface area contributed by atoms with Crippen molar-refractivity contribution in [2.24, 2.45) is 0 Å². The average Bonchev–Trinajstić information content (AvgIpc) is 3.37. The highest BCUT2D eigenvalue weighted by atomic mass is 79.9. The van der Waals surface area contributed by atoms with Crippen LogP contribution in [0.4, 0.5) is 5.69 Å². The molecule has 0 fully saturated rings. The summed E-state index contributed by atoms with van der Waals surface area (Å²) in [4.78, 5) is 12.6. The molecule has 0 aliphatic carbocycles. The SMILES string of the molecule is O=C(Nc1cccc(Cn2cc(Cl)cn2)c1)c1ccc(COc2ccc(Br)cc2Cl)o1. The van der Waals surface area contributed by atoms with Crippen LogP contribution < -0.4 is 10.1 Å². The summed E-state index contributed by atoms with van der Waals surface area (Å²) in [5, 5.41) is 8.05. The van der Waals surface area contributed by atoms with Gasteiger partial charge in [0.15, 0.2) is 5.76 Å². The average molecular weight is 521 g/mol. The van der Waals surface area contributed by atoms with Crippen molar-refractivity contribution >= 4 is 50.7 Å². The highest BCUT2D eigenvalue weighted by molar-refractivity contribution is 9.10. The number of aromatic nitrogens is 2. The van der Waals surface area contributed by atoms with E-state index in [9.17, 15) is 4.79 Å². The van der Waals surface area contributed by atoms with Gasteiger partial charge in [0, 0.05) is 16.4 Å². The fraction of sp³-hybridized carbons (Fsp3) is 0.0909. The summed E-state index contributed by atoms with van der Waals surface area (Å²) >= 11 is 15.4. The number of anilines is 1. The van der Waals surface area contributed by atoms with E-state index in [1.165, 1.54) is 0 Å². The molecule has 0 saturated carbocycles. The van der Waals surface area contributed by atoms with Gasteiger partial charge in [-0.1, -0.05) is 51.3 Å². The Kier molecular flexibility index (Phi) is 6.65. The van der Waals surface area contributed by atoms with Crippen LogP contribution in [0.2, 0.25) is 10.0 Å². The number of hydrogen-bond donors (Lipinski definition) is 1. The summed E-state index contributed by atoms with van der Waals surface area (Å²) in [6, 6.07) is 16.1. The van der Waals surface area contributed by atoms with Gasteiger partial charge in [-0.2, -0.15) is 5.10 Å². The second-order valence-electron chi connectivity index (χ2n) is 6.64. The number of hydrogen-bond acceptors (Lipinski definition) is 4. The summed E-state index contributed by atoms with van der Waals surface area (Å²) in [7, 11) is 0. The lowest BCUT2D eigenvalue weighted by Gasteiger charge is -2.07. The molecule has 0 bridgehead atoms. The van der Waals surface area contributed by atoms with Gasteiger partial charge in [0.05, 0.1) is 22.8 Å². The molecule has 0 radical (unpaired) electrons. The van der Waals surface area contributed by atoms with Crippen LogP contribution in [0.15, 0.2) is 75.9 Å². The minimum absolute atomic E-state index is 0.149. The number of benzene rings is 2. The second kappa shape index (κ2) is 9.60. The lowest BCUT2D eigenvalue weighted by Crippen LogP contribution is -2.11. The largest absolute Gasteiger partial charge is 0.484 e. The zero-order valence-corrected chi connectivity index (χ0v) is 19.1. The molecule has 2 aromatic carbocycles. The summed E-state index contributed by atoms with van der Waals surface area (Å²) < 4.78 is 13.9. The topological polar surface area (TPSA) is 69.3 Å². The minimum Gasteiger partial charge on any atom is -0.484 e. The maximum atomic E-state index is 12.6. The third-order valence-electron chi connectivity index (χ3n) is 4.28. The van der Waals surface area contributed by atoms with Crippen molar-refractivity contribution < 1.29 is 13.9 Å². The first-order chi connectivity index (χ1) is 15.0. The lowest BCUT2D eigenvalue weighted by molar-refractivity contribution is 0.0992. The molecular weight excluding hydrogens is 505 g/mol. The van der Waals surface area contributed by atoms with Crippen LogP contribution in [0.3, 0.4) is 0 Å². The van der Waals surface area contributed by atoms with Crippen molar-refractivity contribution in [3.63, 3.8) is 0 Å². The zero-order valence-electron chi connectivity index (χ0n) is 16.0. The normalized spacial score (nSPS) is 10.8. The Morgan fingerprint density at radius 2 is 2.03 bits per heavy atom. The van der Waals surface area contributed by atoms with Gasteiger partial charge in [-0.15, -0.1) is 0 Å². The third-order valence-corrected chi connectivity index (χ3v) is 5.26. The number of furan rings is 1. The minimum atomic E-state index is -0.354. The summed E-state index contributed by atoms with van der Waals surface area (Å²) in [5.74, 6) is 0.868. The molecule has 0 saturated heterocycles. The quantitative estimate of drug-likeness (QED) is 0.305. The van der Waals surface area contributed by atoms with Crippen molar-refractivity contribution in [2.75, 3.05) is 5.32 Å². The Bertz CT molecular complexity index is 1220. The molecule has 1 amide bonds. The van der Waals surface area contributed by atoms with E-state index in [-0.39, 0.29) is 18.3 Å². The van der Waals surface area contributed by atoms with Crippen LogP contribution in [0.5, 0.6) is 5.75 Å². The summed E-state index contributed by atoms with van der Waals surface area (Å²) in [6.07, 6.45) is 3.32. The number of nitrogens with one attached hydrogen (secondary N) is 1. The molecule has 0 aliphatic heterocycles. The van der Waals surface area contributed by atoms with E-state index in [0.717, 1.165) is 10.0 Å². The van der Waals surface area contributed by atoms with Crippen LogP contribution in [-0.4, -0.2) is 15.7 Å². The molecule has 2 heterocycles. The van der Waals surface area contributed by atoms with E-state index in [4.69, 9.17) is 32.4 Å². The number of nitrogens with zero attached hydrogens (tertiary/aromatic N) is 2. The molecule has 4 rings (SSSR count). The maximum Gasteiger partial charge on any atom is 0.291 e. The Balaban J connectivity index is 1.37. The lowest BCUT2D eigenvalue weighted by atomic mass is 10.2. The maximum absolute atomic E-state index is 12.6. The number of carbonyl (C=O) groups excluding carboxylic acids is 1. The molecule has 158 valence electrons. The molecule has 1 N–H and O–H groups in total. The number of halogens is 3. The van der Waals surface area contributed by atoms with E-state index in [1.807, 2.05) is 24.3 Å². The van der Waals surface area contributed by atoms with Crippen LogP contribution >= 0.6 is 39.1 Å². The van der Waals surface area contributed by atoms with E-state index < -0.39 is 0 Å². The van der Waals surface area contributed by atoms with Crippen molar-refractivity contribution in [3.8, 4) is 5.75 Å². The molecule has 2 aromatic heterocycles. The van der Waals surface area contributed by atoms with Crippen molar-refractivity contribution in [1.29, 1.82) is 0 Å². The smallest absolute Gasteiger partial charge is 0.291 e. The van der Waals surface area contributed by atoms with Gasteiger partial charge in [0.25, 0.3) is 5.91 Å². The van der Waals surface area contributed by atoms with Gasteiger partial charge in [-0.05, 0) is 48.0 Å². The van der Waals surface area contributed by atoms with Crippen molar-refractivity contribution in [3.05, 3.63) is 98.6 Å². The Morgan fingerprint density at radius 3 is 2.81 bits per heavy atom. The van der Waals surface area contributed by atoms with Gasteiger partial charge in [-0.25, -0.2) is 0 Å². The van der Waals surface area contributed by atoms with E-state index in [2.05, 4.69) is 26.3 Å². The van der Waals surface area contributed by atoms with Crippen LogP contribution in [-0.2, 0) is 13.2 Å². The van der Waals surface area contributed by atoms with Gasteiger partial charge < -0.3 is 14.5 Å². The predicted octanol–water partition coefficient (Wildman–Crippen LogP) is 6.43. The fourth-order valence-corrected chi connectivity index (χ4v) is 3.75. The van der Waals surface area contributed by atoms with Gasteiger partial charge in [0.2, 0.25) is 0 Å². The van der Waals surface area contributed by atoms with Crippen LogP contribution in [0.1, 0.15) is 21.9 Å². The van der Waals surface area contributed by atoms with Crippen LogP contribution in [0.25, 0.3) is 0 Å². The number of ether oxygens (including phenoxy) is 1. The molecule has 31 heavy (non-hydrogen) atoms. The Labute approximate surface area is 196 Å². The second-order valence-corrected chi connectivity index (χ2v) is 8.40. The van der Waals surface area contributed by atoms with E-state index in [0.29, 0.717) is 33.8 Å². The fourth-order valence-electron chi connectivity index (χ4n) is 2.87. The van der Waals surface area contributed by atoms with Crippen molar-refractivity contribution in [1.82, 2.24) is 9.78 Å². The molecule has 4 aromatic rings. The summed E-state index contributed by atoms with van der Waals surface area (Å²) in [6.45, 7) is 0.688. The predicted molar refractivity (Wildman–Crippen MR) is 123 cm³/mol. The van der Waals surface area contributed by atoms with E-state index in [1.54, 1.807) is 47.4 Å². The molecular formula is C22H16BrCl2N3O3. The monoisotopic (exact) mass is 519 g/mol. The first-order valence-corrected chi connectivity index (χ1v) is 10.8.